The number of nitrogens with zero attached hydrogens (tertiary/aromatic N) is 2. The van der Waals surface area contributed by atoms with Crippen LogP contribution in [0.25, 0.3) is 0 Å². The van der Waals surface area contributed by atoms with Crippen molar-refractivity contribution in [1.82, 2.24) is 10.5 Å². The van der Waals surface area contributed by atoms with Gasteiger partial charge in [0.15, 0.2) is 0 Å². The van der Waals surface area contributed by atoms with Gasteiger partial charge < -0.3 is 20.1 Å². The number of aryl methyl sites for hydroxylation is 2. The van der Waals surface area contributed by atoms with Crippen molar-refractivity contribution in [2.75, 3.05) is 29.9 Å². The lowest BCUT2D eigenvalue weighted by molar-refractivity contribution is 0.102. The predicted molar refractivity (Wildman–Crippen MR) is 95.1 cm³/mol. The van der Waals surface area contributed by atoms with E-state index in [0.717, 1.165) is 25.3 Å². The number of aromatic nitrogens is 1. The molecule has 6 nitrogen and oxygen atoms in total. The Bertz CT molecular complexity index is 740. The van der Waals surface area contributed by atoms with Crippen LogP contribution in [-0.2, 0) is 0 Å². The lowest BCUT2D eigenvalue weighted by Crippen LogP contribution is -2.50. The molecule has 1 saturated heterocycles. The number of amides is 1. The van der Waals surface area contributed by atoms with E-state index in [-0.39, 0.29) is 5.91 Å². The molecule has 3 rings (SSSR count). The van der Waals surface area contributed by atoms with Crippen LogP contribution in [-0.4, -0.2) is 36.7 Å². The van der Waals surface area contributed by atoms with E-state index >= 15 is 0 Å². The van der Waals surface area contributed by atoms with Gasteiger partial charge in [-0.2, -0.15) is 0 Å². The summed E-state index contributed by atoms with van der Waals surface area (Å²) in [4.78, 5) is 14.7. The summed E-state index contributed by atoms with van der Waals surface area (Å²) < 4.78 is 5.04. The fourth-order valence-corrected chi connectivity index (χ4v) is 3.31. The summed E-state index contributed by atoms with van der Waals surface area (Å²) in [6.45, 7) is 8.40. The first-order valence-corrected chi connectivity index (χ1v) is 8.36. The Hall–Kier alpha value is -2.05. The highest BCUT2D eigenvalue weighted by molar-refractivity contribution is 6.33. The molecule has 1 aromatic heterocycles. The summed E-state index contributed by atoms with van der Waals surface area (Å²) in [6.07, 6.45) is 0. The minimum absolute atomic E-state index is 0.245. The van der Waals surface area contributed by atoms with Crippen LogP contribution < -0.4 is 15.5 Å². The second-order valence-electron chi connectivity index (χ2n) is 6.07. The molecule has 1 amide bonds. The molecule has 128 valence electrons. The van der Waals surface area contributed by atoms with Gasteiger partial charge in [0, 0.05) is 31.4 Å². The predicted octanol–water partition coefficient (Wildman–Crippen LogP) is 3.00. The summed E-state index contributed by atoms with van der Waals surface area (Å²) >= 11 is 6.45. The van der Waals surface area contributed by atoms with E-state index in [2.05, 4.69) is 27.6 Å². The lowest BCUT2D eigenvalue weighted by Gasteiger charge is -2.36. The maximum Gasteiger partial charge on any atom is 0.261 e. The number of piperazine rings is 1. The van der Waals surface area contributed by atoms with Gasteiger partial charge in [-0.1, -0.05) is 16.8 Å². The Balaban J connectivity index is 1.79. The minimum Gasteiger partial charge on any atom is -0.365 e. The molecule has 0 radical (unpaired) electrons. The van der Waals surface area contributed by atoms with Crippen LogP contribution in [0, 0.1) is 13.8 Å². The molecule has 24 heavy (non-hydrogen) atoms. The maximum absolute atomic E-state index is 12.4. The minimum atomic E-state index is -0.245. The third-order valence-electron chi connectivity index (χ3n) is 4.28. The highest BCUT2D eigenvalue weighted by atomic mass is 35.5. The van der Waals surface area contributed by atoms with Gasteiger partial charge >= 0.3 is 0 Å². The summed E-state index contributed by atoms with van der Waals surface area (Å²) in [7, 11) is 0. The number of carbonyl (C=O) groups excluding carboxylic acids is 1. The highest BCUT2D eigenvalue weighted by Gasteiger charge is 2.21. The first-order valence-electron chi connectivity index (χ1n) is 7.98. The van der Waals surface area contributed by atoms with Gasteiger partial charge in [-0.05, 0) is 39.0 Å². The van der Waals surface area contributed by atoms with Crippen LogP contribution in [0.15, 0.2) is 22.7 Å². The van der Waals surface area contributed by atoms with Gasteiger partial charge in [-0.3, -0.25) is 4.79 Å². The van der Waals surface area contributed by atoms with E-state index in [1.807, 2.05) is 12.1 Å². The third kappa shape index (κ3) is 3.25. The number of carbonyl (C=O) groups is 1. The molecule has 2 N–H and O–H groups in total. The molecular formula is C17H21ClN4O2. The zero-order valence-corrected chi connectivity index (χ0v) is 14.8. The van der Waals surface area contributed by atoms with E-state index in [9.17, 15) is 4.79 Å². The third-order valence-corrected chi connectivity index (χ3v) is 4.58. The molecule has 1 aliphatic heterocycles. The monoisotopic (exact) mass is 348 g/mol. The number of benzene rings is 1. The number of rotatable bonds is 3. The van der Waals surface area contributed by atoms with E-state index in [4.69, 9.17) is 16.1 Å². The highest BCUT2D eigenvalue weighted by Crippen LogP contribution is 2.31. The van der Waals surface area contributed by atoms with Crippen LogP contribution in [0.1, 0.15) is 28.7 Å². The zero-order valence-electron chi connectivity index (χ0n) is 14.0. The Kier molecular flexibility index (Phi) is 4.78. The smallest absolute Gasteiger partial charge is 0.261 e. The van der Waals surface area contributed by atoms with Gasteiger partial charge in [0.05, 0.1) is 16.4 Å². The van der Waals surface area contributed by atoms with Crippen molar-refractivity contribution in [2.24, 2.45) is 0 Å². The normalized spacial score (nSPS) is 17.8. The first kappa shape index (κ1) is 16.8. The average Bonchev–Trinajstić information content (AvgIpc) is 2.87. The van der Waals surface area contributed by atoms with Crippen molar-refractivity contribution < 1.29 is 9.32 Å². The second kappa shape index (κ2) is 6.83. The number of hydrogen-bond acceptors (Lipinski definition) is 5. The largest absolute Gasteiger partial charge is 0.365 e. The summed E-state index contributed by atoms with van der Waals surface area (Å²) in [6, 6.07) is 5.97. The lowest BCUT2D eigenvalue weighted by atomic mass is 10.1. The van der Waals surface area contributed by atoms with E-state index in [0.29, 0.717) is 33.8 Å². The molecule has 0 unspecified atom stereocenters. The number of nitrogens with one attached hydrogen (secondary N) is 2. The van der Waals surface area contributed by atoms with Gasteiger partial charge in [-0.25, -0.2) is 0 Å². The van der Waals surface area contributed by atoms with Crippen LogP contribution >= 0.6 is 11.6 Å². The van der Waals surface area contributed by atoms with E-state index < -0.39 is 0 Å². The Morgan fingerprint density at radius 3 is 2.88 bits per heavy atom. The molecule has 2 heterocycles. The van der Waals surface area contributed by atoms with Crippen molar-refractivity contribution in [2.45, 2.75) is 26.8 Å². The molecule has 1 atom stereocenters. The SMILES string of the molecule is Cc1noc(C)c1C(=O)Nc1ccc(N2CCNC[C@H]2C)c(Cl)c1. The molecule has 1 aromatic carbocycles. The quantitative estimate of drug-likeness (QED) is 0.892. The van der Waals surface area contributed by atoms with Crippen LogP contribution in [0.5, 0.6) is 0 Å². The van der Waals surface area contributed by atoms with Crippen LogP contribution in [0.4, 0.5) is 11.4 Å². The van der Waals surface area contributed by atoms with Crippen molar-refractivity contribution in [3.05, 3.63) is 40.2 Å². The maximum atomic E-state index is 12.4. The second-order valence-corrected chi connectivity index (χ2v) is 6.47. The standard InChI is InChI=1S/C17H21ClN4O2/c1-10-9-19-6-7-22(10)15-5-4-13(8-14(15)18)20-17(23)16-11(2)21-24-12(16)3/h4-5,8,10,19H,6-7,9H2,1-3H3,(H,20,23)/t10-/m1/s1. The fraction of sp³-hybridized carbons (Fsp3) is 0.412. The van der Waals surface area contributed by atoms with Crippen molar-refractivity contribution >= 4 is 28.9 Å². The Morgan fingerprint density at radius 1 is 1.46 bits per heavy atom. The topological polar surface area (TPSA) is 70.4 Å². The van der Waals surface area contributed by atoms with Crippen LogP contribution in [0.2, 0.25) is 5.02 Å². The molecule has 0 saturated carbocycles. The Morgan fingerprint density at radius 2 is 2.25 bits per heavy atom. The number of anilines is 2. The zero-order chi connectivity index (χ0) is 17.3. The van der Waals surface area contributed by atoms with Crippen LogP contribution in [0.3, 0.4) is 0 Å². The molecule has 1 fully saturated rings. The molecule has 0 aliphatic carbocycles. The number of halogens is 1. The average molecular weight is 349 g/mol. The number of hydrogen-bond donors (Lipinski definition) is 2. The van der Waals surface area contributed by atoms with Gasteiger partial charge in [0.25, 0.3) is 5.91 Å². The molecule has 2 aromatic rings. The van der Waals surface area contributed by atoms with Gasteiger partial charge in [0.2, 0.25) is 0 Å². The van der Waals surface area contributed by atoms with Gasteiger partial charge in [-0.15, -0.1) is 0 Å². The van der Waals surface area contributed by atoms with Gasteiger partial charge in [0.1, 0.15) is 11.3 Å². The summed E-state index contributed by atoms with van der Waals surface area (Å²) in [5.41, 5.74) is 2.67. The van der Waals surface area contributed by atoms with Crippen molar-refractivity contribution in [3.8, 4) is 0 Å². The molecule has 0 spiro atoms. The molecule has 7 heteroatoms. The van der Waals surface area contributed by atoms with E-state index in [1.54, 1.807) is 19.9 Å². The summed E-state index contributed by atoms with van der Waals surface area (Å²) in [5, 5.41) is 10.6. The fourth-order valence-electron chi connectivity index (χ4n) is 3.02. The Labute approximate surface area is 146 Å². The van der Waals surface area contributed by atoms with Crippen molar-refractivity contribution in [3.63, 3.8) is 0 Å². The first-order chi connectivity index (χ1) is 11.5. The molecular weight excluding hydrogens is 328 g/mol. The van der Waals surface area contributed by atoms with E-state index in [1.165, 1.54) is 0 Å². The van der Waals surface area contributed by atoms with Crippen molar-refractivity contribution in [1.29, 1.82) is 0 Å². The summed E-state index contributed by atoms with van der Waals surface area (Å²) in [5.74, 6) is 0.257. The molecule has 0 bridgehead atoms. The molecule has 1 aliphatic rings.